The molecule has 3 rings (SSSR count). The Morgan fingerprint density at radius 1 is 1.17 bits per heavy atom. The van der Waals surface area contributed by atoms with E-state index >= 15 is 0 Å². The number of nitrogens with zero attached hydrogens (tertiary/aromatic N) is 2. The van der Waals surface area contributed by atoms with Crippen LogP contribution < -0.4 is 14.8 Å². The molecule has 0 aliphatic heterocycles. The molecule has 0 saturated carbocycles. The quantitative estimate of drug-likeness (QED) is 0.550. The van der Waals surface area contributed by atoms with Crippen molar-refractivity contribution in [3.8, 4) is 22.9 Å². The molecular formula is C23H27N3O4. The second kappa shape index (κ2) is 9.91. The zero-order valence-electron chi connectivity index (χ0n) is 17.8. The monoisotopic (exact) mass is 409 g/mol. The number of ether oxygens (including phenoxy) is 2. The second-order valence-electron chi connectivity index (χ2n) is 6.96. The molecule has 0 aliphatic carbocycles. The first kappa shape index (κ1) is 21.4. The predicted molar refractivity (Wildman–Crippen MR) is 115 cm³/mol. The Morgan fingerprint density at radius 3 is 2.77 bits per heavy atom. The number of amides is 1. The van der Waals surface area contributed by atoms with Crippen molar-refractivity contribution in [3.05, 3.63) is 53.4 Å². The van der Waals surface area contributed by atoms with Crippen LogP contribution in [-0.2, 0) is 11.2 Å². The zero-order valence-corrected chi connectivity index (χ0v) is 17.8. The third-order valence-electron chi connectivity index (χ3n) is 4.86. The lowest BCUT2D eigenvalue weighted by atomic mass is 10.1. The summed E-state index contributed by atoms with van der Waals surface area (Å²) in [5.41, 5.74) is 3.86. The van der Waals surface area contributed by atoms with Crippen molar-refractivity contribution in [3.63, 3.8) is 0 Å². The van der Waals surface area contributed by atoms with Gasteiger partial charge >= 0.3 is 0 Å². The van der Waals surface area contributed by atoms with Crippen LogP contribution in [0.25, 0.3) is 11.4 Å². The summed E-state index contributed by atoms with van der Waals surface area (Å²) in [6.45, 7) is 6.50. The van der Waals surface area contributed by atoms with E-state index in [1.165, 1.54) is 0 Å². The average molecular weight is 409 g/mol. The minimum atomic E-state index is -0.0281. The summed E-state index contributed by atoms with van der Waals surface area (Å²) in [6, 6.07) is 11.4. The van der Waals surface area contributed by atoms with Gasteiger partial charge in [0.1, 0.15) is 0 Å². The van der Waals surface area contributed by atoms with Crippen molar-refractivity contribution in [2.24, 2.45) is 0 Å². The van der Waals surface area contributed by atoms with E-state index in [1.807, 2.05) is 57.2 Å². The molecule has 1 N–H and O–H groups in total. The minimum Gasteiger partial charge on any atom is -0.493 e. The number of methoxy groups -OCH3 is 1. The number of carbonyl (C=O) groups excluding carboxylic acids is 1. The van der Waals surface area contributed by atoms with Gasteiger partial charge in [0.2, 0.25) is 17.6 Å². The van der Waals surface area contributed by atoms with Gasteiger partial charge < -0.3 is 19.3 Å². The molecule has 0 fully saturated rings. The Hall–Kier alpha value is -3.35. The average Bonchev–Trinajstić information content (AvgIpc) is 3.21. The van der Waals surface area contributed by atoms with Crippen LogP contribution in [0, 0.1) is 13.8 Å². The summed E-state index contributed by atoms with van der Waals surface area (Å²) in [5.74, 6) is 2.23. The fourth-order valence-corrected chi connectivity index (χ4v) is 3.05. The highest BCUT2D eigenvalue weighted by atomic mass is 16.5. The maximum absolute atomic E-state index is 12.2. The van der Waals surface area contributed by atoms with Gasteiger partial charge in [0.15, 0.2) is 11.5 Å². The van der Waals surface area contributed by atoms with E-state index in [1.54, 1.807) is 7.11 Å². The van der Waals surface area contributed by atoms with Crippen LogP contribution in [0.15, 0.2) is 40.9 Å². The number of carbonyl (C=O) groups is 1. The largest absolute Gasteiger partial charge is 0.493 e. The lowest BCUT2D eigenvalue weighted by Crippen LogP contribution is -2.12. The summed E-state index contributed by atoms with van der Waals surface area (Å²) in [7, 11) is 1.59. The van der Waals surface area contributed by atoms with Gasteiger partial charge in [0.25, 0.3) is 0 Å². The molecule has 0 aliphatic rings. The Kier molecular flexibility index (Phi) is 7.06. The normalized spacial score (nSPS) is 10.7. The van der Waals surface area contributed by atoms with Gasteiger partial charge in [-0.2, -0.15) is 4.98 Å². The topological polar surface area (TPSA) is 86.5 Å². The van der Waals surface area contributed by atoms with E-state index in [2.05, 4.69) is 15.5 Å². The highest BCUT2D eigenvalue weighted by Gasteiger charge is 2.13. The Morgan fingerprint density at radius 2 is 2.00 bits per heavy atom. The molecule has 0 unspecified atom stereocenters. The summed E-state index contributed by atoms with van der Waals surface area (Å²) in [6.07, 6.45) is 1.52. The van der Waals surface area contributed by atoms with Crippen LogP contribution in [-0.4, -0.2) is 29.8 Å². The standard InChI is InChI=1S/C23H27N3O4/c1-5-29-19-13-12-17(14-20(19)28-4)23-25-22(30-26-23)11-7-10-21(27)24-18-9-6-8-15(2)16(18)3/h6,8-9,12-14H,5,7,10-11H2,1-4H3,(H,24,27). The smallest absolute Gasteiger partial charge is 0.226 e. The number of aromatic nitrogens is 2. The van der Waals surface area contributed by atoms with Crippen molar-refractivity contribution in [1.82, 2.24) is 10.1 Å². The summed E-state index contributed by atoms with van der Waals surface area (Å²) >= 11 is 0. The number of rotatable bonds is 9. The molecule has 0 bridgehead atoms. The van der Waals surface area contributed by atoms with Crippen LogP contribution in [0.5, 0.6) is 11.5 Å². The van der Waals surface area contributed by atoms with Crippen LogP contribution in [0.1, 0.15) is 36.8 Å². The minimum absolute atomic E-state index is 0.0281. The first-order valence-electron chi connectivity index (χ1n) is 10.0. The van der Waals surface area contributed by atoms with Gasteiger partial charge in [0, 0.05) is 24.1 Å². The fraction of sp³-hybridized carbons (Fsp3) is 0.348. The molecular weight excluding hydrogens is 382 g/mol. The van der Waals surface area contributed by atoms with E-state index in [0.29, 0.717) is 49.1 Å². The van der Waals surface area contributed by atoms with Crippen LogP contribution in [0.2, 0.25) is 0 Å². The number of nitrogens with one attached hydrogen (secondary N) is 1. The molecule has 1 aromatic heterocycles. The van der Waals surface area contributed by atoms with E-state index in [-0.39, 0.29) is 5.91 Å². The first-order chi connectivity index (χ1) is 14.5. The molecule has 3 aromatic rings. The second-order valence-corrected chi connectivity index (χ2v) is 6.96. The van der Waals surface area contributed by atoms with Crippen molar-refractivity contribution < 1.29 is 18.8 Å². The van der Waals surface area contributed by atoms with E-state index < -0.39 is 0 Å². The van der Waals surface area contributed by atoms with Crippen molar-refractivity contribution in [1.29, 1.82) is 0 Å². The van der Waals surface area contributed by atoms with E-state index in [9.17, 15) is 4.79 Å². The molecule has 1 heterocycles. The molecule has 1 amide bonds. The number of anilines is 1. The highest BCUT2D eigenvalue weighted by molar-refractivity contribution is 5.91. The molecule has 2 aromatic carbocycles. The maximum atomic E-state index is 12.2. The van der Waals surface area contributed by atoms with Gasteiger partial charge in [-0.15, -0.1) is 0 Å². The predicted octanol–water partition coefficient (Wildman–Crippen LogP) is 4.72. The number of hydrogen-bond acceptors (Lipinski definition) is 6. The summed E-state index contributed by atoms with van der Waals surface area (Å²) in [4.78, 5) is 16.7. The Balaban J connectivity index is 1.56. The summed E-state index contributed by atoms with van der Waals surface area (Å²) in [5, 5.41) is 7.01. The van der Waals surface area contributed by atoms with Crippen LogP contribution >= 0.6 is 0 Å². The van der Waals surface area contributed by atoms with Crippen LogP contribution in [0.4, 0.5) is 5.69 Å². The molecule has 0 radical (unpaired) electrons. The zero-order chi connectivity index (χ0) is 21.5. The molecule has 30 heavy (non-hydrogen) atoms. The molecule has 7 nitrogen and oxygen atoms in total. The number of hydrogen-bond donors (Lipinski definition) is 1. The maximum Gasteiger partial charge on any atom is 0.226 e. The molecule has 0 atom stereocenters. The van der Waals surface area contributed by atoms with Crippen molar-refractivity contribution in [2.45, 2.75) is 40.0 Å². The number of aryl methyl sites for hydroxylation is 2. The Labute approximate surface area is 176 Å². The summed E-state index contributed by atoms with van der Waals surface area (Å²) < 4.78 is 16.2. The molecule has 0 saturated heterocycles. The van der Waals surface area contributed by atoms with Crippen molar-refractivity contribution >= 4 is 11.6 Å². The van der Waals surface area contributed by atoms with Gasteiger partial charge in [-0.25, -0.2) is 0 Å². The number of benzene rings is 2. The van der Waals surface area contributed by atoms with Gasteiger partial charge in [0.05, 0.1) is 13.7 Å². The third kappa shape index (κ3) is 5.17. The van der Waals surface area contributed by atoms with Gasteiger partial charge in [-0.1, -0.05) is 17.3 Å². The lowest BCUT2D eigenvalue weighted by molar-refractivity contribution is -0.116. The fourth-order valence-electron chi connectivity index (χ4n) is 3.05. The molecule has 7 heteroatoms. The Bertz CT molecular complexity index is 1010. The van der Waals surface area contributed by atoms with E-state index in [4.69, 9.17) is 14.0 Å². The first-order valence-corrected chi connectivity index (χ1v) is 10.0. The van der Waals surface area contributed by atoms with Crippen molar-refractivity contribution in [2.75, 3.05) is 19.0 Å². The highest BCUT2D eigenvalue weighted by Crippen LogP contribution is 2.31. The van der Waals surface area contributed by atoms with E-state index in [0.717, 1.165) is 22.4 Å². The van der Waals surface area contributed by atoms with Gasteiger partial charge in [-0.05, 0) is 62.6 Å². The molecule has 0 spiro atoms. The SMILES string of the molecule is CCOc1ccc(-c2noc(CCCC(=O)Nc3cccc(C)c3C)n2)cc1OC. The lowest BCUT2D eigenvalue weighted by Gasteiger charge is -2.10. The van der Waals surface area contributed by atoms with Gasteiger partial charge in [-0.3, -0.25) is 4.79 Å². The molecule has 158 valence electrons. The van der Waals surface area contributed by atoms with Crippen LogP contribution in [0.3, 0.4) is 0 Å². The third-order valence-corrected chi connectivity index (χ3v) is 4.86.